The molecule has 1 aromatic carbocycles. The fraction of sp³-hybridized carbons (Fsp3) is 0.231. The number of carbonyl (C=O) groups is 1. The summed E-state index contributed by atoms with van der Waals surface area (Å²) in [6.07, 6.45) is 0.494. The Hall–Kier alpha value is -2.44. The molecule has 1 aliphatic heterocycles. The summed E-state index contributed by atoms with van der Waals surface area (Å²) < 4.78 is 28.6. The molecule has 1 aromatic heterocycles. The van der Waals surface area contributed by atoms with E-state index in [1.165, 1.54) is 10.7 Å². The van der Waals surface area contributed by atoms with E-state index in [1.807, 2.05) is 0 Å². The van der Waals surface area contributed by atoms with E-state index >= 15 is 0 Å². The Bertz CT molecular complexity index is 684. The molecule has 0 spiro atoms. The number of hydrogen-bond acceptors (Lipinski definition) is 3. The first-order valence-electron chi connectivity index (χ1n) is 6.08. The number of aromatic nitrogens is 2. The van der Waals surface area contributed by atoms with Crippen molar-refractivity contribution in [3.63, 3.8) is 0 Å². The van der Waals surface area contributed by atoms with Crippen LogP contribution in [0.25, 0.3) is 0 Å². The molecule has 0 bridgehead atoms. The molecule has 2 N–H and O–H groups in total. The molecule has 3 rings (SSSR count). The van der Waals surface area contributed by atoms with Gasteiger partial charge in [-0.05, 0) is 24.6 Å². The van der Waals surface area contributed by atoms with Crippen LogP contribution in [0.4, 0.5) is 14.6 Å². The van der Waals surface area contributed by atoms with Gasteiger partial charge in [0.2, 0.25) is 0 Å². The lowest BCUT2D eigenvalue weighted by molar-refractivity contribution is 0.0689. The number of nitrogens with zero attached hydrogens (tertiary/aromatic N) is 2. The van der Waals surface area contributed by atoms with Gasteiger partial charge in [-0.25, -0.2) is 18.3 Å². The predicted octanol–water partition coefficient (Wildman–Crippen LogP) is 2.26. The summed E-state index contributed by atoms with van der Waals surface area (Å²) in [6, 6.07) is 4.10. The highest BCUT2D eigenvalue weighted by molar-refractivity contribution is 5.86. The molecule has 1 atom stereocenters. The second kappa shape index (κ2) is 4.59. The number of carboxylic acids is 1. The summed E-state index contributed by atoms with van der Waals surface area (Å²) in [7, 11) is 0. The first kappa shape index (κ1) is 12.6. The van der Waals surface area contributed by atoms with Crippen molar-refractivity contribution in [1.29, 1.82) is 0 Å². The van der Waals surface area contributed by atoms with Crippen molar-refractivity contribution in [3.05, 3.63) is 47.2 Å². The lowest BCUT2D eigenvalue weighted by Crippen LogP contribution is -2.25. The maximum absolute atomic E-state index is 13.9. The van der Waals surface area contributed by atoms with E-state index in [1.54, 1.807) is 0 Å². The standard InChI is InChI=1S/C13H11F2N3O2/c14-7-1-2-9(15)8(5-7)11-3-4-16-12-6-10(13(19)20)17-18(11)12/h1-2,5-6,11,16H,3-4H2,(H,19,20). The molecule has 20 heavy (non-hydrogen) atoms. The fourth-order valence-electron chi connectivity index (χ4n) is 2.39. The molecular weight excluding hydrogens is 268 g/mol. The van der Waals surface area contributed by atoms with Crippen LogP contribution in [0.15, 0.2) is 24.3 Å². The first-order valence-corrected chi connectivity index (χ1v) is 6.08. The Labute approximate surface area is 112 Å². The number of anilines is 1. The van der Waals surface area contributed by atoms with E-state index in [0.29, 0.717) is 18.8 Å². The van der Waals surface area contributed by atoms with Gasteiger partial charge in [0.05, 0.1) is 6.04 Å². The van der Waals surface area contributed by atoms with E-state index in [4.69, 9.17) is 5.11 Å². The summed E-state index contributed by atoms with van der Waals surface area (Å²) in [5.41, 5.74) is 0.0454. The Balaban J connectivity index is 2.09. The molecule has 0 aliphatic carbocycles. The average Bonchev–Trinajstić information content (AvgIpc) is 2.85. The predicted molar refractivity (Wildman–Crippen MR) is 66.8 cm³/mol. The van der Waals surface area contributed by atoms with Crippen molar-refractivity contribution in [2.45, 2.75) is 12.5 Å². The Morgan fingerprint density at radius 2 is 2.20 bits per heavy atom. The second-order valence-corrected chi connectivity index (χ2v) is 4.56. The quantitative estimate of drug-likeness (QED) is 0.885. The van der Waals surface area contributed by atoms with Crippen molar-refractivity contribution >= 4 is 11.8 Å². The molecular formula is C13H11F2N3O2. The molecule has 0 amide bonds. The van der Waals surface area contributed by atoms with E-state index in [9.17, 15) is 13.6 Å². The molecule has 0 fully saturated rings. The third kappa shape index (κ3) is 2.01. The van der Waals surface area contributed by atoms with Crippen molar-refractivity contribution < 1.29 is 18.7 Å². The molecule has 1 unspecified atom stereocenters. The van der Waals surface area contributed by atoms with Gasteiger partial charge in [0.1, 0.15) is 17.5 Å². The normalized spacial score (nSPS) is 17.4. The monoisotopic (exact) mass is 279 g/mol. The van der Waals surface area contributed by atoms with Crippen molar-refractivity contribution in [2.75, 3.05) is 11.9 Å². The highest BCUT2D eigenvalue weighted by Crippen LogP contribution is 2.31. The second-order valence-electron chi connectivity index (χ2n) is 4.56. The number of hydrogen-bond donors (Lipinski definition) is 2. The maximum Gasteiger partial charge on any atom is 0.356 e. The van der Waals surface area contributed by atoms with Crippen molar-refractivity contribution in [1.82, 2.24) is 9.78 Å². The minimum Gasteiger partial charge on any atom is -0.476 e. The molecule has 7 heteroatoms. The zero-order valence-electron chi connectivity index (χ0n) is 10.3. The molecule has 5 nitrogen and oxygen atoms in total. The summed E-state index contributed by atoms with van der Waals surface area (Å²) in [5, 5.41) is 15.9. The molecule has 1 aliphatic rings. The Morgan fingerprint density at radius 3 is 2.95 bits per heavy atom. The van der Waals surface area contributed by atoms with Gasteiger partial charge in [0.25, 0.3) is 0 Å². The molecule has 2 heterocycles. The number of rotatable bonds is 2. The fourth-order valence-corrected chi connectivity index (χ4v) is 2.39. The molecule has 2 aromatic rings. The van der Waals surface area contributed by atoms with Gasteiger partial charge in [-0.15, -0.1) is 0 Å². The number of aromatic carboxylic acids is 1. The van der Waals surface area contributed by atoms with E-state index in [0.717, 1.165) is 18.2 Å². The van der Waals surface area contributed by atoms with Crippen LogP contribution >= 0.6 is 0 Å². The van der Waals surface area contributed by atoms with Crippen LogP contribution in [-0.2, 0) is 0 Å². The van der Waals surface area contributed by atoms with Gasteiger partial charge < -0.3 is 10.4 Å². The molecule has 0 radical (unpaired) electrons. The van der Waals surface area contributed by atoms with Crippen molar-refractivity contribution in [2.24, 2.45) is 0 Å². The highest BCUT2D eigenvalue weighted by atomic mass is 19.1. The summed E-state index contributed by atoms with van der Waals surface area (Å²) >= 11 is 0. The topological polar surface area (TPSA) is 67.1 Å². The smallest absolute Gasteiger partial charge is 0.356 e. The Morgan fingerprint density at radius 1 is 1.40 bits per heavy atom. The SMILES string of the molecule is O=C(O)c1cc2n(n1)C(c1cc(F)ccc1F)CCN2. The summed E-state index contributed by atoms with van der Waals surface area (Å²) in [6.45, 7) is 0.533. The van der Waals surface area contributed by atoms with Gasteiger partial charge in [-0.3, -0.25) is 0 Å². The van der Waals surface area contributed by atoms with E-state index in [-0.39, 0.29) is 11.3 Å². The van der Waals surface area contributed by atoms with Crippen LogP contribution < -0.4 is 5.32 Å². The number of fused-ring (bicyclic) bond motifs is 1. The molecule has 0 saturated carbocycles. The van der Waals surface area contributed by atoms with Crippen LogP contribution in [0.1, 0.15) is 28.5 Å². The van der Waals surface area contributed by atoms with Crippen molar-refractivity contribution in [3.8, 4) is 0 Å². The summed E-state index contributed by atoms with van der Waals surface area (Å²) in [4.78, 5) is 10.9. The summed E-state index contributed by atoms with van der Waals surface area (Å²) in [5.74, 6) is -1.74. The van der Waals surface area contributed by atoms with Crippen LogP contribution in [-0.4, -0.2) is 27.4 Å². The lowest BCUT2D eigenvalue weighted by Gasteiger charge is -2.26. The van der Waals surface area contributed by atoms with Gasteiger partial charge in [-0.1, -0.05) is 0 Å². The van der Waals surface area contributed by atoms with Gasteiger partial charge >= 0.3 is 5.97 Å². The zero-order chi connectivity index (χ0) is 14.3. The number of nitrogens with one attached hydrogen (secondary N) is 1. The van der Waals surface area contributed by atoms with Crippen LogP contribution in [0.5, 0.6) is 0 Å². The average molecular weight is 279 g/mol. The minimum atomic E-state index is -1.16. The zero-order valence-corrected chi connectivity index (χ0v) is 10.3. The van der Waals surface area contributed by atoms with E-state index in [2.05, 4.69) is 10.4 Å². The van der Waals surface area contributed by atoms with Gasteiger partial charge in [0.15, 0.2) is 5.69 Å². The third-order valence-corrected chi connectivity index (χ3v) is 3.29. The van der Waals surface area contributed by atoms with Crippen LogP contribution in [0.3, 0.4) is 0 Å². The lowest BCUT2D eigenvalue weighted by atomic mass is 10.0. The van der Waals surface area contributed by atoms with Crippen LogP contribution in [0, 0.1) is 11.6 Å². The Kier molecular flexibility index (Phi) is 2.89. The minimum absolute atomic E-state index is 0.129. The number of carboxylic acid groups (broad SMARTS) is 1. The molecule has 0 saturated heterocycles. The molecule has 104 valence electrons. The van der Waals surface area contributed by atoms with Gasteiger partial charge in [-0.2, -0.15) is 5.10 Å². The first-order chi connectivity index (χ1) is 9.56. The number of benzene rings is 1. The van der Waals surface area contributed by atoms with Gasteiger partial charge in [0, 0.05) is 18.2 Å². The number of halogens is 2. The van der Waals surface area contributed by atoms with Crippen LogP contribution in [0.2, 0.25) is 0 Å². The maximum atomic E-state index is 13.9. The third-order valence-electron chi connectivity index (χ3n) is 3.29. The largest absolute Gasteiger partial charge is 0.476 e. The highest BCUT2D eigenvalue weighted by Gasteiger charge is 2.27. The van der Waals surface area contributed by atoms with E-state index < -0.39 is 23.6 Å².